The van der Waals surface area contributed by atoms with Crippen molar-refractivity contribution in [1.82, 2.24) is 24.7 Å². The zero-order chi connectivity index (χ0) is 24.3. The summed E-state index contributed by atoms with van der Waals surface area (Å²) in [5.41, 5.74) is -2.76. The summed E-state index contributed by atoms with van der Waals surface area (Å²) < 4.78 is 105. The van der Waals surface area contributed by atoms with Gasteiger partial charge in [0.2, 0.25) is 0 Å². The van der Waals surface area contributed by atoms with Gasteiger partial charge in [-0.25, -0.2) is 13.4 Å². The molecule has 0 aliphatic carbocycles. The van der Waals surface area contributed by atoms with E-state index in [2.05, 4.69) is 20.2 Å². The fourth-order valence-corrected chi connectivity index (χ4v) is 4.58. The molecular weight excluding hydrogens is 476 g/mol. The van der Waals surface area contributed by atoms with Gasteiger partial charge in [-0.1, -0.05) is 13.0 Å². The van der Waals surface area contributed by atoms with Crippen LogP contribution in [0.15, 0.2) is 35.4 Å². The van der Waals surface area contributed by atoms with Crippen LogP contribution in [0, 0.1) is 0 Å². The van der Waals surface area contributed by atoms with Crippen LogP contribution in [0.5, 0.6) is 0 Å². The van der Waals surface area contributed by atoms with E-state index in [-0.39, 0.29) is 38.4 Å². The van der Waals surface area contributed by atoms with Crippen molar-refractivity contribution in [2.45, 2.75) is 24.2 Å². The average Bonchev–Trinajstić information content (AvgIpc) is 3.07. The summed E-state index contributed by atoms with van der Waals surface area (Å²) in [6, 6.07) is 3.21. The molecule has 4 rings (SSSR count). The van der Waals surface area contributed by atoms with Gasteiger partial charge in [-0.15, -0.1) is 10.2 Å². The highest BCUT2D eigenvalue weighted by Gasteiger charge is 2.35. The lowest BCUT2D eigenvalue weighted by Crippen LogP contribution is -2.11. The maximum Gasteiger partial charge on any atom is 0.435 e. The van der Waals surface area contributed by atoms with Crippen molar-refractivity contribution in [2.24, 2.45) is 7.05 Å². The average molecular weight is 489 g/mol. The van der Waals surface area contributed by atoms with Crippen molar-refractivity contribution in [1.29, 1.82) is 0 Å². The fourth-order valence-electron chi connectivity index (χ4n) is 3.33. The predicted octanol–water partition coefficient (Wildman–Crippen LogP) is 4.41. The molecule has 0 fully saturated rings. The maximum absolute atomic E-state index is 13.1. The first-order chi connectivity index (χ1) is 15.2. The number of imidazole rings is 1. The number of hydrogen-bond donors (Lipinski definition) is 0. The van der Waals surface area contributed by atoms with Crippen LogP contribution in [-0.2, 0) is 29.2 Å². The molecule has 14 heteroatoms. The Morgan fingerprint density at radius 1 is 1.00 bits per heavy atom. The largest absolute Gasteiger partial charge is 0.435 e. The Labute approximate surface area is 182 Å². The van der Waals surface area contributed by atoms with Crippen LogP contribution in [0.3, 0.4) is 0 Å². The number of nitrogens with zero attached hydrogens (tertiary/aromatic N) is 5. The molecule has 0 bridgehead atoms. The minimum atomic E-state index is -4.77. The number of hydrogen-bond acceptors (Lipinski definition) is 6. The Balaban J connectivity index is 2.04. The second-order valence-corrected chi connectivity index (χ2v) is 9.28. The van der Waals surface area contributed by atoms with Crippen molar-refractivity contribution in [3.8, 4) is 11.5 Å². The van der Waals surface area contributed by atoms with Gasteiger partial charge in [0.25, 0.3) is 0 Å². The number of benzene rings is 1. The van der Waals surface area contributed by atoms with Crippen molar-refractivity contribution >= 4 is 31.8 Å². The summed E-state index contributed by atoms with van der Waals surface area (Å²) in [5, 5.41) is 6.57. The molecule has 0 aliphatic heterocycles. The van der Waals surface area contributed by atoms with E-state index in [1.165, 1.54) is 18.5 Å². The van der Waals surface area contributed by atoms with E-state index in [9.17, 15) is 34.8 Å². The number of aromatic nitrogens is 5. The molecule has 7 nitrogen and oxygen atoms in total. The van der Waals surface area contributed by atoms with Crippen LogP contribution in [-0.4, -0.2) is 38.9 Å². The highest BCUT2D eigenvalue weighted by atomic mass is 32.2. The SMILES string of the molecule is CCS(=O)(=O)c1c(-c2nc3cc(C(F)(F)F)nnc3n2C)ncc2cc(C(F)(F)F)ccc12. The quantitative estimate of drug-likeness (QED) is 0.396. The molecule has 0 amide bonds. The van der Waals surface area contributed by atoms with Crippen LogP contribution < -0.4 is 0 Å². The second-order valence-electron chi connectivity index (χ2n) is 7.07. The molecule has 0 saturated carbocycles. The van der Waals surface area contributed by atoms with Crippen LogP contribution in [0.4, 0.5) is 26.3 Å². The normalized spacial score (nSPS) is 13.2. The number of rotatable bonds is 3. The molecule has 3 aromatic heterocycles. The smallest absolute Gasteiger partial charge is 0.309 e. The molecule has 0 spiro atoms. The summed E-state index contributed by atoms with van der Waals surface area (Å²) >= 11 is 0. The standard InChI is InChI=1S/C19H13F6N5O2S/c1-3-33(31,32)15-11-5-4-10(18(20,21)22)6-9(11)8-26-14(15)17-27-12-7-13(19(23,24)25)28-29-16(12)30(17)2/h4-8H,3H2,1-2H3. The van der Waals surface area contributed by atoms with Crippen molar-refractivity contribution < 1.29 is 34.8 Å². The van der Waals surface area contributed by atoms with Gasteiger partial charge in [-0.3, -0.25) is 4.98 Å². The van der Waals surface area contributed by atoms with Crippen molar-refractivity contribution in [3.63, 3.8) is 0 Å². The lowest BCUT2D eigenvalue weighted by Gasteiger charge is -2.14. The van der Waals surface area contributed by atoms with E-state index in [0.29, 0.717) is 6.07 Å². The monoisotopic (exact) mass is 489 g/mol. The number of alkyl halides is 6. The Kier molecular flexibility index (Phi) is 5.11. The first kappa shape index (κ1) is 22.9. The number of pyridine rings is 1. The molecule has 0 atom stereocenters. The van der Waals surface area contributed by atoms with Gasteiger partial charge in [0.05, 0.1) is 11.3 Å². The molecule has 0 radical (unpaired) electrons. The molecule has 0 saturated heterocycles. The maximum atomic E-state index is 13.1. The van der Waals surface area contributed by atoms with E-state index in [4.69, 9.17) is 0 Å². The number of aryl methyl sites for hydroxylation is 1. The molecule has 1 aromatic carbocycles. The van der Waals surface area contributed by atoms with Crippen molar-refractivity contribution in [3.05, 3.63) is 41.7 Å². The molecule has 0 N–H and O–H groups in total. The fraction of sp³-hybridized carbons (Fsp3) is 0.263. The van der Waals surface area contributed by atoms with Gasteiger partial charge >= 0.3 is 12.4 Å². The summed E-state index contributed by atoms with van der Waals surface area (Å²) in [5.74, 6) is -0.531. The summed E-state index contributed by atoms with van der Waals surface area (Å²) in [6.45, 7) is 1.35. The van der Waals surface area contributed by atoms with Crippen LogP contribution in [0.1, 0.15) is 18.2 Å². The third-order valence-electron chi connectivity index (χ3n) is 4.98. The summed E-state index contributed by atoms with van der Waals surface area (Å²) in [4.78, 5) is 7.75. The summed E-state index contributed by atoms with van der Waals surface area (Å²) in [6.07, 6.45) is -8.36. The van der Waals surface area contributed by atoms with Crippen molar-refractivity contribution in [2.75, 3.05) is 5.75 Å². The Morgan fingerprint density at radius 3 is 2.30 bits per heavy atom. The van der Waals surface area contributed by atoms with Gasteiger partial charge in [-0.2, -0.15) is 26.3 Å². The molecule has 0 aliphatic rings. The zero-order valence-electron chi connectivity index (χ0n) is 16.8. The van der Waals surface area contributed by atoms with Crippen LogP contribution in [0.2, 0.25) is 0 Å². The lowest BCUT2D eigenvalue weighted by molar-refractivity contribution is -0.141. The first-order valence-corrected chi connectivity index (χ1v) is 10.9. The second kappa shape index (κ2) is 7.37. The first-order valence-electron chi connectivity index (χ1n) is 9.24. The minimum Gasteiger partial charge on any atom is -0.309 e. The van der Waals surface area contributed by atoms with Gasteiger partial charge in [-0.05, 0) is 12.1 Å². The lowest BCUT2D eigenvalue weighted by atomic mass is 10.1. The van der Waals surface area contributed by atoms with E-state index in [1.54, 1.807) is 0 Å². The predicted molar refractivity (Wildman–Crippen MR) is 105 cm³/mol. The Bertz CT molecular complexity index is 1510. The highest BCUT2D eigenvalue weighted by molar-refractivity contribution is 7.91. The third kappa shape index (κ3) is 3.87. The van der Waals surface area contributed by atoms with Gasteiger partial charge in [0.1, 0.15) is 16.1 Å². The van der Waals surface area contributed by atoms with E-state index >= 15 is 0 Å². The Morgan fingerprint density at radius 2 is 1.70 bits per heavy atom. The number of halogens is 6. The van der Waals surface area contributed by atoms with E-state index < -0.39 is 39.2 Å². The topological polar surface area (TPSA) is 90.6 Å². The third-order valence-corrected chi connectivity index (χ3v) is 6.78. The molecular formula is C19H13F6N5O2S. The van der Waals surface area contributed by atoms with E-state index in [1.807, 2.05) is 0 Å². The molecule has 174 valence electrons. The minimum absolute atomic E-state index is 0.0241. The number of fused-ring (bicyclic) bond motifs is 2. The van der Waals surface area contributed by atoms with E-state index in [0.717, 1.165) is 24.4 Å². The van der Waals surface area contributed by atoms with Crippen LogP contribution >= 0.6 is 0 Å². The highest BCUT2D eigenvalue weighted by Crippen LogP contribution is 2.37. The molecule has 4 aromatic rings. The van der Waals surface area contributed by atoms with Gasteiger partial charge in [0.15, 0.2) is 27.0 Å². The Hall–Kier alpha value is -3.29. The summed E-state index contributed by atoms with van der Waals surface area (Å²) in [7, 11) is -2.67. The zero-order valence-corrected chi connectivity index (χ0v) is 17.6. The molecule has 3 heterocycles. The van der Waals surface area contributed by atoms with Gasteiger partial charge in [0, 0.05) is 30.1 Å². The van der Waals surface area contributed by atoms with Gasteiger partial charge < -0.3 is 4.57 Å². The van der Waals surface area contributed by atoms with Crippen LogP contribution in [0.25, 0.3) is 33.5 Å². The number of sulfone groups is 1. The molecule has 0 unspecified atom stereocenters. The molecule has 33 heavy (non-hydrogen) atoms.